The molecule has 0 fully saturated rings. The third-order valence-corrected chi connectivity index (χ3v) is 3.44. The molecule has 0 atom stereocenters. The molecule has 2 aromatic carbocycles. The van der Waals surface area contributed by atoms with Gasteiger partial charge in [-0.05, 0) is 44.0 Å². The van der Waals surface area contributed by atoms with Crippen molar-refractivity contribution in [2.45, 2.75) is 28.2 Å². The lowest BCUT2D eigenvalue weighted by molar-refractivity contribution is 0.0680. The third-order valence-electron chi connectivity index (χ3n) is 3.44. The van der Waals surface area contributed by atoms with Crippen LogP contribution in [0, 0.1) is 49.9 Å². The molecule has 2 N–H and O–H groups in total. The Morgan fingerprint density at radius 3 is 1.48 bits per heavy atom. The first-order valence-corrected chi connectivity index (χ1v) is 6.96. The van der Waals surface area contributed by atoms with Crippen LogP contribution in [0.15, 0.2) is 12.1 Å². The first-order chi connectivity index (χ1) is 11.9. The predicted molar refractivity (Wildman–Crippen MR) is 87.5 cm³/mol. The van der Waals surface area contributed by atoms with Crippen molar-refractivity contribution < 1.29 is 41.8 Å². The van der Waals surface area contributed by atoms with E-state index < -0.39 is 46.6 Å². The maximum Gasteiger partial charge on any atom is 0.339 e. The van der Waals surface area contributed by atoms with E-state index in [9.17, 15) is 31.5 Å². The molecule has 0 aromatic heterocycles. The highest BCUT2D eigenvalue weighted by Crippen LogP contribution is 2.20. The smallest absolute Gasteiger partial charge is 0.339 e. The zero-order valence-corrected chi connectivity index (χ0v) is 13.8. The average Bonchev–Trinajstić information content (AvgIpc) is 2.50. The molecule has 9 heteroatoms. The second-order valence-electron chi connectivity index (χ2n) is 5.28. The Hall–Kier alpha value is -2.97. The van der Waals surface area contributed by atoms with Crippen LogP contribution < -0.4 is 0 Å². The van der Waals surface area contributed by atoms with E-state index in [1.807, 2.05) is 0 Å². The fourth-order valence-electron chi connectivity index (χ4n) is 2.22. The number of carbonyl (C=O) groups is 2. The van der Waals surface area contributed by atoms with Gasteiger partial charge in [0.05, 0.1) is 5.56 Å². The number of carboxylic acids is 2. The van der Waals surface area contributed by atoms with Gasteiger partial charge in [-0.25, -0.2) is 31.5 Å². The van der Waals surface area contributed by atoms with E-state index >= 15 is 0 Å². The Labute approximate surface area is 151 Å². The van der Waals surface area contributed by atoms with Crippen molar-refractivity contribution in [3.05, 3.63) is 69.0 Å². The number of rotatable bonds is 2. The van der Waals surface area contributed by atoms with E-state index in [1.165, 1.54) is 20.8 Å². The molecule has 2 aromatic rings. The summed E-state index contributed by atoms with van der Waals surface area (Å²) in [6, 6.07) is 1.52. The standard InChI is InChI=1S/C9H8F2O2.C8H5F3O2.CH4/c1-4-3-6(10)8(11)5(2)7(4)9(12)13;1-3-2-4(9)6(10)7(11)5(3)8(12)13;/h3H,1-2H3,(H,12,13);2H,1H3,(H,12,13);1H4. The Morgan fingerprint density at radius 2 is 1.07 bits per heavy atom. The van der Waals surface area contributed by atoms with Crippen LogP contribution in [0.4, 0.5) is 22.0 Å². The van der Waals surface area contributed by atoms with Crippen molar-refractivity contribution in [2.75, 3.05) is 0 Å². The lowest BCUT2D eigenvalue weighted by Crippen LogP contribution is -2.07. The third kappa shape index (κ3) is 5.02. The number of aryl methyl sites for hydroxylation is 2. The summed E-state index contributed by atoms with van der Waals surface area (Å²) in [4.78, 5) is 21.0. The first kappa shape index (κ1) is 24.0. The number of hydrogen-bond donors (Lipinski definition) is 2. The normalized spacial score (nSPS) is 9.78. The van der Waals surface area contributed by atoms with Gasteiger partial charge in [-0.3, -0.25) is 0 Å². The topological polar surface area (TPSA) is 74.6 Å². The van der Waals surface area contributed by atoms with Crippen LogP contribution in [0.2, 0.25) is 0 Å². The number of aromatic carboxylic acids is 2. The summed E-state index contributed by atoms with van der Waals surface area (Å²) in [5, 5.41) is 17.1. The minimum Gasteiger partial charge on any atom is -0.478 e. The monoisotopic (exact) mass is 392 g/mol. The minimum absolute atomic E-state index is 0. The zero-order valence-electron chi connectivity index (χ0n) is 13.8. The summed E-state index contributed by atoms with van der Waals surface area (Å²) >= 11 is 0. The summed E-state index contributed by atoms with van der Waals surface area (Å²) in [6.45, 7) is 3.86. The summed E-state index contributed by atoms with van der Waals surface area (Å²) in [7, 11) is 0. The summed E-state index contributed by atoms with van der Waals surface area (Å²) in [6.07, 6.45) is 0. The summed E-state index contributed by atoms with van der Waals surface area (Å²) in [5.74, 6) is -9.78. The van der Waals surface area contributed by atoms with Crippen molar-refractivity contribution in [3.63, 3.8) is 0 Å². The van der Waals surface area contributed by atoms with E-state index in [0.29, 0.717) is 6.07 Å². The Bertz CT molecular complexity index is 821. The van der Waals surface area contributed by atoms with Crippen LogP contribution in [0.5, 0.6) is 0 Å². The molecule has 0 bridgehead atoms. The van der Waals surface area contributed by atoms with E-state index in [-0.39, 0.29) is 29.7 Å². The maximum absolute atomic E-state index is 12.9. The van der Waals surface area contributed by atoms with Gasteiger partial charge in [0.25, 0.3) is 0 Å². The van der Waals surface area contributed by atoms with E-state index in [4.69, 9.17) is 10.2 Å². The van der Waals surface area contributed by atoms with Crippen molar-refractivity contribution in [1.82, 2.24) is 0 Å². The highest BCUT2D eigenvalue weighted by Gasteiger charge is 2.21. The van der Waals surface area contributed by atoms with Gasteiger partial charge >= 0.3 is 11.9 Å². The first-order valence-electron chi connectivity index (χ1n) is 6.96. The minimum atomic E-state index is -1.76. The fourth-order valence-corrected chi connectivity index (χ4v) is 2.22. The molecule has 0 heterocycles. The number of benzene rings is 2. The predicted octanol–water partition coefficient (Wildman–Crippen LogP) is 5.03. The lowest BCUT2D eigenvalue weighted by Gasteiger charge is -2.06. The van der Waals surface area contributed by atoms with Crippen LogP contribution in [0.3, 0.4) is 0 Å². The largest absolute Gasteiger partial charge is 0.478 e. The Morgan fingerprint density at radius 1 is 0.704 bits per heavy atom. The molecular formula is C18H17F5O4. The van der Waals surface area contributed by atoms with Gasteiger partial charge in [0, 0.05) is 5.56 Å². The number of hydrogen-bond acceptors (Lipinski definition) is 2. The molecule has 0 aliphatic heterocycles. The lowest BCUT2D eigenvalue weighted by atomic mass is 10.0. The van der Waals surface area contributed by atoms with Crippen molar-refractivity contribution >= 4 is 11.9 Å². The van der Waals surface area contributed by atoms with Gasteiger partial charge in [-0.1, -0.05) is 7.43 Å². The number of carboxylic acid groups (broad SMARTS) is 2. The van der Waals surface area contributed by atoms with Crippen LogP contribution >= 0.6 is 0 Å². The molecule has 0 saturated heterocycles. The molecule has 27 heavy (non-hydrogen) atoms. The van der Waals surface area contributed by atoms with Gasteiger partial charge < -0.3 is 10.2 Å². The van der Waals surface area contributed by atoms with Gasteiger partial charge in [0.2, 0.25) is 0 Å². The molecule has 0 amide bonds. The zero-order chi connectivity index (χ0) is 20.3. The van der Waals surface area contributed by atoms with Crippen LogP contribution in [-0.4, -0.2) is 22.2 Å². The summed E-state index contributed by atoms with van der Waals surface area (Å²) in [5.41, 5.74) is -1.09. The van der Waals surface area contributed by atoms with E-state index in [0.717, 1.165) is 6.07 Å². The van der Waals surface area contributed by atoms with Crippen molar-refractivity contribution in [2.24, 2.45) is 0 Å². The number of halogens is 5. The van der Waals surface area contributed by atoms with Crippen LogP contribution in [-0.2, 0) is 0 Å². The van der Waals surface area contributed by atoms with Crippen LogP contribution in [0.1, 0.15) is 44.8 Å². The van der Waals surface area contributed by atoms with E-state index in [1.54, 1.807) is 0 Å². The van der Waals surface area contributed by atoms with Gasteiger partial charge in [-0.2, -0.15) is 0 Å². The summed E-state index contributed by atoms with van der Waals surface area (Å²) < 4.78 is 63.4. The maximum atomic E-state index is 12.9. The molecule has 148 valence electrons. The van der Waals surface area contributed by atoms with Gasteiger partial charge in [0.1, 0.15) is 5.56 Å². The molecule has 0 unspecified atom stereocenters. The van der Waals surface area contributed by atoms with E-state index in [2.05, 4.69) is 0 Å². The molecular weight excluding hydrogens is 375 g/mol. The highest BCUT2D eigenvalue weighted by molar-refractivity contribution is 5.91. The second-order valence-corrected chi connectivity index (χ2v) is 5.28. The van der Waals surface area contributed by atoms with Crippen molar-refractivity contribution in [1.29, 1.82) is 0 Å². The molecule has 0 saturated carbocycles. The van der Waals surface area contributed by atoms with Gasteiger partial charge in [0.15, 0.2) is 29.1 Å². The quantitative estimate of drug-likeness (QED) is 0.556. The SMILES string of the molecule is C.Cc1cc(F)c(F)c(C)c1C(=O)O.Cc1cc(F)c(F)c(F)c1C(=O)O. The van der Waals surface area contributed by atoms with Crippen molar-refractivity contribution in [3.8, 4) is 0 Å². The molecule has 0 spiro atoms. The molecule has 0 aliphatic carbocycles. The average molecular weight is 392 g/mol. The highest BCUT2D eigenvalue weighted by atomic mass is 19.2. The second kappa shape index (κ2) is 9.11. The molecule has 0 radical (unpaired) electrons. The Kier molecular flexibility index (Phi) is 8.11. The molecule has 0 aliphatic rings. The Balaban J connectivity index is 0.000000483. The molecule has 2 rings (SSSR count). The van der Waals surface area contributed by atoms with Crippen LogP contribution in [0.25, 0.3) is 0 Å². The van der Waals surface area contributed by atoms with Gasteiger partial charge in [-0.15, -0.1) is 0 Å². The molecule has 4 nitrogen and oxygen atoms in total. The fraction of sp³-hybridized carbons (Fsp3) is 0.222.